The summed E-state index contributed by atoms with van der Waals surface area (Å²) in [5, 5.41) is 4.38. The van der Waals surface area contributed by atoms with E-state index in [9.17, 15) is 14.0 Å². The maximum Gasteiger partial charge on any atom is 0.257 e. The van der Waals surface area contributed by atoms with E-state index in [0.29, 0.717) is 43.3 Å². The van der Waals surface area contributed by atoms with E-state index in [2.05, 4.69) is 10.1 Å². The standard InChI is InChI=1S/C21H19ClFN5O2/c1-14-17(13-25-28(14)19-4-2-3-7-24-19)21(30)27-10-8-26(9-11-27)20(29)16-6-5-15(23)12-18(16)22/h2-7,12-13H,8-11H2,1H3. The third-order valence-electron chi connectivity index (χ3n) is 5.12. The maximum absolute atomic E-state index is 13.2. The van der Waals surface area contributed by atoms with E-state index in [1.807, 2.05) is 25.1 Å². The highest BCUT2D eigenvalue weighted by Gasteiger charge is 2.28. The summed E-state index contributed by atoms with van der Waals surface area (Å²) in [5.74, 6) is -0.262. The Bertz CT molecular complexity index is 1090. The number of hydrogen-bond donors (Lipinski definition) is 0. The summed E-state index contributed by atoms with van der Waals surface area (Å²) < 4.78 is 14.9. The highest BCUT2D eigenvalue weighted by Crippen LogP contribution is 2.21. The molecule has 0 atom stereocenters. The molecule has 30 heavy (non-hydrogen) atoms. The molecule has 4 rings (SSSR count). The quantitative estimate of drug-likeness (QED) is 0.644. The molecule has 0 aliphatic carbocycles. The smallest absolute Gasteiger partial charge is 0.257 e. The van der Waals surface area contributed by atoms with Gasteiger partial charge >= 0.3 is 0 Å². The highest BCUT2D eigenvalue weighted by atomic mass is 35.5. The molecule has 1 aliphatic heterocycles. The average molecular weight is 428 g/mol. The van der Waals surface area contributed by atoms with Gasteiger partial charge in [0.05, 0.1) is 28.0 Å². The molecule has 3 heterocycles. The van der Waals surface area contributed by atoms with Crippen LogP contribution in [0.3, 0.4) is 0 Å². The van der Waals surface area contributed by atoms with Gasteiger partial charge in [-0.05, 0) is 37.3 Å². The lowest BCUT2D eigenvalue weighted by molar-refractivity contribution is 0.0535. The van der Waals surface area contributed by atoms with E-state index in [1.54, 1.807) is 26.9 Å². The third-order valence-corrected chi connectivity index (χ3v) is 5.43. The first-order chi connectivity index (χ1) is 14.5. The summed E-state index contributed by atoms with van der Waals surface area (Å²) in [6.45, 7) is 3.33. The van der Waals surface area contributed by atoms with Crippen molar-refractivity contribution in [3.05, 3.63) is 76.5 Å². The number of amides is 2. The fourth-order valence-corrected chi connectivity index (χ4v) is 3.69. The van der Waals surface area contributed by atoms with Crippen molar-refractivity contribution in [3.8, 4) is 5.82 Å². The molecular formula is C21H19ClFN5O2. The number of hydrogen-bond acceptors (Lipinski definition) is 4. The lowest BCUT2D eigenvalue weighted by Crippen LogP contribution is -2.50. The van der Waals surface area contributed by atoms with Crippen LogP contribution in [0.25, 0.3) is 5.82 Å². The van der Waals surface area contributed by atoms with Crippen molar-refractivity contribution in [1.82, 2.24) is 24.6 Å². The molecule has 9 heteroatoms. The van der Waals surface area contributed by atoms with Crippen molar-refractivity contribution in [2.45, 2.75) is 6.92 Å². The van der Waals surface area contributed by atoms with E-state index in [4.69, 9.17) is 11.6 Å². The molecule has 1 aliphatic rings. The molecule has 2 amide bonds. The monoisotopic (exact) mass is 427 g/mol. The Kier molecular flexibility index (Phi) is 5.50. The van der Waals surface area contributed by atoms with Crippen LogP contribution >= 0.6 is 11.6 Å². The van der Waals surface area contributed by atoms with Gasteiger partial charge in [0.1, 0.15) is 5.82 Å². The summed E-state index contributed by atoms with van der Waals surface area (Å²) >= 11 is 6.01. The van der Waals surface area contributed by atoms with Crippen molar-refractivity contribution in [2.75, 3.05) is 26.2 Å². The molecule has 7 nitrogen and oxygen atoms in total. The molecule has 0 saturated carbocycles. The molecule has 0 bridgehead atoms. The van der Waals surface area contributed by atoms with E-state index in [1.165, 1.54) is 12.1 Å². The van der Waals surface area contributed by atoms with Gasteiger partial charge in [0, 0.05) is 32.4 Å². The Labute approximate surface area is 177 Å². The molecular weight excluding hydrogens is 409 g/mol. The second-order valence-corrected chi connectivity index (χ2v) is 7.36. The first kappa shape index (κ1) is 20.0. The normalized spacial score (nSPS) is 14.1. The Morgan fingerprint density at radius 3 is 2.27 bits per heavy atom. The van der Waals surface area contributed by atoms with Gasteiger partial charge in [-0.15, -0.1) is 0 Å². The van der Waals surface area contributed by atoms with E-state index in [0.717, 1.165) is 6.07 Å². The van der Waals surface area contributed by atoms with Crippen LogP contribution in [-0.2, 0) is 0 Å². The fraction of sp³-hybridized carbons (Fsp3) is 0.238. The van der Waals surface area contributed by atoms with Crippen LogP contribution < -0.4 is 0 Å². The molecule has 1 saturated heterocycles. The minimum Gasteiger partial charge on any atom is -0.335 e. The molecule has 1 fully saturated rings. The van der Waals surface area contributed by atoms with Crippen LogP contribution in [0.4, 0.5) is 4.39 Å². The number of pyridine rings is 1. The summed E-state index contributed by atoms with van der Waals surface area (Å²) in [5.41, 5.74) is 1.46. The number of aromatic nitrogens is 3. The zero-order valence-corrected chi connectivity index (χ0v) is 17.0. The zero-order valence-electron chi connectivity index (χ0n) is 16.3. The molecule has 3 aromatic rings. The first-order valence-electron chi connectivity index (χ1n) is 9.45. The topological polar surface area (TPSA) is 71.3 Å². The van der Waals surface area contributed by atoms with Gasteiger partial charge in [-0.2, -0.15) is 5.10 Å². The summed E-state index contributed by atoms with van der Waals surface area (Å²) in [6, 6.07) is 9.20. The third kappa shape index (κ3) is 3.78. The number of carbonyl (C=O) groups excluding carboxylic acids is 2. The van der Waals surface area contributed by atoms with Crippen LogP contribution in [0, 0.1) is 12.7 Å². The molecule has 154 valence electrons. The number of nitrogens with zero attached hydrogens (tertiary/aromatic N) is 5. The Morgan fingerprint density at radius 1 is 1.00 bits per heavy atom. The van der Waals surface area contributed by atoms with Gasteiger partial charge in [-0.25, -0.2) is 14.1 Å². The first-order valence-corrected chi connectivity index (χ1v) is 9.83. The molecule has 0 N–H and O–H groups in total. The maximum atomic E-state index is 13.2. The van der Waals surface area contributed by atoms with Gasteiger partial charge in [0.2, 0.25) is 0 Å². The van der Waals surface area contributed by atoms with E-state index in [-0.39, 0.29) is 22.4 Å². The van der Waals surface area contributed by atoms with Crippen LogP contribution in [-0.4, -0.2) is 62.6 Å². The van der Waals surface area contributed by atoms with Crippen molar-refractivity contribution < 1.29 is 14.0 Å². The van der Waals surface area contributed by atoms with Crippen LogP contribution in [0.5, 0.6) is 0 Å². The summed E-state index contributed by atoms with van der Waals surface area (Å²) in [7, 11) is 0. The number of carbonyl (C=O) groups is 2. The van der Waals surface area contributed by atoms with E-state index < -0.39 is 5.82 Å². The molecule has 0 unspecified atom stereocenters. The van der Waals surface area contributed by atoms with Gasteiger partial charge in [-0.3, -0.25) is 9.59 Å². The Hall–Kier alpha value is -3.26. The minimum absolute atomic E-state index is 0.0797. The molecule has 0 spiro atoms. The highest BCUT2D eigenvalue weighted by molar-refractivity contribution is 6.33. The average Bonchev–Trinajstić information content (AvgIpc) is 3.15. The van der Waals surface area contributed by atoms with E-state index >= 15 is 0 Å². The lowest BCUT2D eigenvalue weighted by Gasteiger charge is -2.35. The largest absolute Gasteiger partial charge is 0.335 e. The number of halogens is 2. The predicted molar refractivity (Wildman–Crippen MR) is 109 cm³/mol. The number of piperazine rings is 1. The Morgan fingerprint density at radius 2 is 1.67 bits per heavy atom. The van der Waals surface area contributed by atoms with Gasteiger partial charge in [-0.1, -0.05) is 17.7 Å². The van der Waals surface area contributed by atoms with Crippen LogP contribution in [0.1, 0.15) is 26.4 Å². The summed E-state index contributed by atoms with van der Waals surface area (Å²) in [6.07, 6.45) is 3.21. The zero-order chi connectivity index (χ0) is 21.3. The predicted octanol–water partition coefficient (Wildman–Crippen LogP) is 2.97. The minimum atomic E-state index is -0.492. The van der Waals surface area contributed by atoms with Gasteiger partial charge < -0.3 is 9.80 Å². The summed E-state index contributed by atoms with van der Waals surface area (Å²) in [4.78, 5) is 33.3. The second-order valence-electron chi connectivity index (χ2n) is 6.95. The van der Waals surface area contributed by atoms with Crippen molar-refractivity contribution in [3.63, 3.8) is 0 Å². The number of rotatable bonds is 3. The van der Waals surface area contributed by atoms with Gasteiger partial charge in [0.15, 0.2) is 5.82 Å². The second kappa shape index (κ2) is 8.23. The van der Waals surface area contributed by atoms with Crippen molar-refractivity contribution in [2.24, 2.45) is 0 Å². The van der Waals surface area contributed by atoms with Crippen molar-refractivity contribution in [1.29, 1.82) is 0 Å². The van der Waals surface area contributed by atoms with Crippen LogP contribution in [0.2, 0.25) is 5.02 Å². The van der Waals surface area contributed by atoms with Gasteiger partial charge in [0.25, 0.3) is 11.8 Å². The van der Waals surface area contributed by atoms with Crippen LogP contribution in [0.15, 0.2) is 48.8 Å². The Balaban J connectivity index is 1.44. The van der Waals surface area contributed by atoms with Crippen molar-refractivity contribution >= 4 is 23.4 Å². The lowest BCUT2D eigenvalue weighted by atomic mass is 10.1. The molecule has 1 aromatic carbocycles. The fourth-order valence-electron chi connectivity index (χ4n) is 3.45. The number of benzene rings is 1. The molecule has 2 aromatic heterocycles. The molecule has 0 radical (unpaired) electrons. The SMILES string of the molecule is Cc1c(C(=O)N2CCN(C(=O)c3ccc(F)cc3Cl)CC2)cnn1-c1ccccn1.